The lowest BCUT2D eigenvalue weighted by atomic mass is 9.96. The molecule has 4 heteroatoms. The number of hydrogen-bond donors (Lipinski definition) is 1. The van der Waals surface area contributed by atoms with Gasteiger partial charge in [-0.1, -0.05) is 33.6 Å². The highest BCUT2D eigenvalue weighted by atomic mass is 16.2. The molecule has 1 saturated heterocycles. The monoisotopic (exact) mass is 252 g/mol. The second-order valence-electron chi connectivity index (χ2n) is 5.75. The molecule has 4 nitrogen and oxygen atoms in total. The van der Waals surface area contributed by atoms with Crippen molar-refractivity contribution in [3.8, 4) is 0 Å². The number of nitrogens with one attached hydrogen (secondary N) is 1. The van der Waals surface area contributed by atoms with Crippen LogP contribution in [-0.4, -0.2) is 35.3 Å². The van der Waals surface area contributed by atoms with Gasteiger partial charge in [0.15, 0.2) is 0 Å². The highest BCUT2D eigenvalue weighted by Gasteiger charge is 2.47. The molecule has 1 N–H and O–H groups in total. The summed E-state index contributed by atoms with van der Waals surface area (Å²) in [6, 6.07) is 0.0224. The predicted molar refractivity (Wildman–Crippen MR) is 69.9 cm³/mol. The lowest BCUT2D eigenvalue weighted by molar-refractivity contribution is -0.146. The van der Waals surface area contributed by atoms with Crippen molar-refractivity contribution in [1.29, 1.82) is 0 Å². The maximum atomic E-state index is 12.4. The van der Waals surface area contributed by atoms with Crippen LogP contribution in [0, 0.1) is 11.8 Å². The average molecular weight is 252 g/mol. The summed E-state index contributed by atoms with van der Waals surface area (Å²) in [6.07, 6.45) is 4.32. The van der Waals surface area contributed by atoms with Crippen molar-refractivity contribution in [3.05, 3.63) is 0 Å². The molecule has 0 radical (unpaired) electrons. The van der Waals surface area contributed by atoms with E-state index in [1.165, 1.54) is 6.42 Å². The summed E-state index contributed by atoms with van der Waals surface area (Å²) in [5.41, 5.74) is 0. The minimum Gasteiger partial charge on any atom is -0.342 e. The molecule has 102 valence electrons. The van der Waals surface area contributed by atoms with Crippen molar-refractivity contribution in [1.82, 2.24) is 10.2 Å². The number of amides is 2. The van der Waals surface area contributed by atoms with E-state index >= 15 is 0 Å². The molecule has 1 saturated carbocycles. The Morgan fingerprint density at radius 1 is 1.39 bits per heavy atom. The van der Waals surface area contributed by atoms with Crippen LogP contribution >= 0.6 is 0 Å². The normalized spacial score (nSPS) is 33.3. The highest BCUT2D eigenvalue weighted by molar-refractivity contribution is 5.95. The molecule has 2 amide bonds. The zero-order valence-corrected chi connectivity index (χ0v) is 11.6. The summed E-state index contributed by atoms with van der Waals surface area (Å²) >= 11 is 0. The third-order valence-electron chi connectivity index (χ3n) is 4.34. The molecular weight excluding hydrogens is 228 g/mol. The van der Waals surface area contributed by atoms with Crippen LogP contribution in [0.1, 0.15) is 46.5 Å². The average Bonchev–Trinajstić information content (AvgIpc) is 3.10. The van der Waals surface area contributed by atoms with Crippen LogP contribution in [0.3, 0.4) is 0 Å². The minimum atomic E-state index is -0.306. The first-order chi connectivity index (χ1) is 8.58. The molecule has 2 rings (SSSR count). The van der Waals surface area contributed by atoms with E-state index in [0.29, 0.717) is 12.0 Å². The molecule has 0 aromatic heterocycles. The van der Waals surface area contributed by atoms with Crippen LogP contribution in [0.2, 0.25) is 0 Å². The number of piperazine rings is 1. The van der Waals surface area contributed by atoms with E-state index in [1.807, 2.05) is 11.8 Å². The molecule has 0 aromatic rings. The fourth-order valence-electron chi connectivity index (χ4n) is 2.89. The summed E-state index contributed by atoms with van der Waals surface area (Å²) in [5, 5.41) is 2.85. The number of carbonyl (C=O) groups excluding carboxylic acids is 2. The fourth-order valence-corrected chi connectivity index (χ4v) is 2.89. The molecule has 1 heterocycles. The molecule has 2 aliphatic rings. The first-order valence-electron chi connectivity index (χ1n) is 7.18. The first-order valence-corrected chi connectivity index (χ1v) is 7.18. The van der Waals surface area contributed by atoms with E-state index in [0.717, 1.165) is 19.3 Å². The summed E-state index contributed by atoms with van der Waals surface area (Å²) in [7, 11) is 0. The van der Waals surface area contributed by atoms with Gasteiger partial charge in [0.25, 0.3) is 0 Å². The van der Waals surface area contributed by atoms with Gasteiger partial charge < -0.3 is 10.2 Å². The van der Waals surface area contributed by atoms with E-state index < -0.39 is 0 Å². The molecule has 0 spiro atoms. The summed E-state index contributed by atoms with van der Waals surface area (Å²) in [4.78, 5) is 26.0. The molecule has 0 aromatic carbocycles. The highest BCUT2D eigenvalue weighted by Crippen LogP contribution is 2.40. The maximum Gasteiger partial charge on any atom is 0.246 e. The van der Waals surface area contributed by atoms with E-state index in [-0.39, 0.29) is 30.3 Å². The Morgan fingerprint density at radius 3 is 2.72 bits per heavy atom. The van der Waals surface area contributed by atoms with E-state index in [4.69, 9.17) is 0 Å². The third kappa shape index (κ3) is 2.52. The predicted octanol–water partition coefficient (Wildman–Crippen LogP) is 1.55. The summed E-state index contributed by atoms with van der Waals surface area (Å²) in [5.74, 6) is 0.977. The molecule has 4 unspecified atom stereocenters. The number of carbonyl (C=O) groups is 2. The Labute approximate surface area is 109 Å². The van der Waals surface area contributed by atoms with Gasteiger partial charge in [0.05, 0.1) is 6.54 Å². The van der Waals surface area contributed by atoms with Crippen LogP contribution in [0.15, 0.2) is 0 Å². The molecule has 1 aliphatic carbocycles. The van der Waals surface area contributed by atoms with Gasteiger partial charge in [-0.25, -0.2) is 0 Å². The second kappa shape index (κ2) is 5.29. The summed E-state index contributed by atoms with van der Waals surface area (Å²) in [6.45, 7) is 6.52. The Hall–Kier alpha value is -1.06. The zero-order chi connectivity index (χ0) is 13.3. The number of nitrogens with zero attached hydrogens (tertiary/aromatic N) is 1. The van der Waals surface area contributed by atoms with Gasteiger partial charge in [-0.15, -0.1) is 0 Å². The van der Waals surface area contributed by atoms with Crippen LogP contribution in [0.4, 0.5) is 0 Å². The van der Waals surface area contributed by atoms with Crippen LogP contribution < -0.4 is 5.32 Å². The number of hydrogen-bond acceptors (Lipinski definition) is 2. The molecule has 0 bridgehead atoms. The Balaban J connectivity index is 2.02. The number of rotatable bonds is 5. The van der Waals surface area contributed by atoms with Crippen molar-refractivity contribution in [3.63, 3.8) is 0 Å². The lowest BCUT2D eigenvalue weighted by Crippen LogP contribution is -2.60. The fraction of sp³-hybridized carbons (Fsp3) is 0.857. The SMILES string of the molecule is CCCC1CC1N1CC(=O)NC(C(C)CC)C1=O. The topological polar surface area (TPSA) is 49.4 Å². The molecule has 2 fully saturated rings. The van der Waals surface area contributed by atoms with Gasteiger partial charge in [-0.3, -0.25) is 9.59 Å². The quantitative estimate of drug-likeness (QED) is 0.807. The largest absolute Gasteiger partial charge is 0.342 e. The van der Waals surface area contributed by atoms with Crippen LogP contribution in [0.25, 0.3) is 0 Å². The lowest BCUT2D eigenvalue weighted by Gasteiger charge is -2.35. The minimum absolute atomic E-state index is 0.00190. The standard InChI is InChI=1S/C14H24N2O2/c1-4-6-10-7-11(10)16-8-12(17)15-13(14(16)18)9(3)5-2/h9-11,13H,4-8H2,1-3H3,(H,15,17). The molecule has 1 aliphatic heterocycles. The van der Waals surface area contributed by atoms with E-state index in [9.17, 15) is 9.59 Å². The van der Waals surface area contributed by atoms with Crippen LogP contribution in [0.5, 0.6) is 0 Å². The molecule has 18 heavy (non-hydrogen) atoms. The van der Waals surface area contributed by atoms with Gasteiger partial charge in [-0.2, -0.15) is 0 Å². The molecule has 4 atom stereocenters. The van der Waals surface area contributed by atoms with Gasteiger partial charge in [-0.05, 0) is 24.7 Å². The van der Waals surface area contributed by atoms with Gasteiger partial charge in [0.1, 0.15) is 6.04 Å². The first kappa shape index (κ1) is 13.4. The van der Waals surface area contributed by atoms with Crippen molar-refractivity contribution in [2.24, 2.45) is 11.8 Å². The summed E-state index contributed by atoms with van der Waals surface area (Å²) < 4.78 is 0. The van der Waals surface area contributed by atoms with Crippen molar-refractivity contribution in [2.75, 3.05) is 6.54 Å². The smallest absolute Gasteiger partial charge is 0.246 e. The van der Waals surface area contributed by atoms with E-state index in [2.05, 4.69) is 19.2 Å². The van der Waals surface area contributed by atoms with Gasteiger partial charge >= 0.3 is 0 Å². The third-order valence-corrected chi connectivity index (χ3v) is 4.34. The Kier molecular flexibility index (Phi) is 3.93. The Bertz CT molecular complexity index is 343. The Morgan fingerprint density at radius 2 is 2.11 bits per heavy atom. The van der Waals surface area contributed by atoms with Gasteiger partial charge in [0, 0.05) is 6.04 Å². The second-order valence-corrected chi connectivity index (χ2v) is 5.75. The molecular formula is C14H24N2O2. The van der Waals surface area contributed by atoms with Crippen molar-refractivity contribution < 1.29 is 9.59 Å². The zero-order valence-electron chi connectivity index (χ0n) is 11.6. The van der Waals surface area contributed by atoms with Crippen molar-refractivity contribution >= 4 is 11.8 Å². The van der Waals surface area contributed by atoms with Crippen molar-refractivity contribution in [2.45, 2.75) is 58.5 Å². The van der Waals surface area contributed by atoms with Gasteiger partial charge in [0.2, 0.25) is 11.8 Å². The van der Waals surface area contributed by atoms with E-state index in [1.54, 1.807) is 0 Å². The maximum absolute atomic E-state index is 12.4. The van der Waals surface area contributed by atoms with Crippen LogP contribution in [-0.2, 0) is 9.59 Å².